The van der Waals surface area contributed by atoms with Gasteiger partial charge < -0.3 is 5.73 Å². The number of halogens is 1. The third-order valence-electron chi connectivity index (χ3n) is 1.60. The topological polar surface area (TPSA) is 60.2 Å². The number of primary amides is 1. The van der Waals surface area contributed by atoms with E-state index in [9.17, 15) is 9.59 Å². The molecule has 0 saturated carbocycles. The molecule has 1 aromatic rings. The van der Waals surface area contributed by atoms with E-state index < -0.39 is 5.91 Å². The van der Waals surface area contributed by atoms with E-state index in [2.05, 4.69) is 0 Å². The molecule has 14 heavy (non-hydrogen) atoms. The quantitative estimate of drug-likeness (QED) is 0.608. The van der Waals surface area contributed by atoms with Crippen molar-refractivity contribution in [3.63, 3.8) is 0 Å². The Hall–Kier alpha value is -1.61. The summed E-state index contributed by atoms with van der Waals surface area (Å²) in [5.41, 5.74) is 5.96. The monoisotopic (exact) mass is 209 g/mol. The predicted octanol–water partition coefficient (Wildman–Crippen LogP) is 1.65. The van der Waals surface area contributed by atoms with Crippen molar-refractivity contribution >= 4 is 29.9 Å². The lowest BCUT2D eigenvalue weighted by molar-refractivity contribution is -0.113. The van der Waals surface area contributed by atoms with Crippen LogP contribution in [0.3, 0.4) is 0 Å². The summed E-state index contributed by atoms with van der Waals surface area (Å²) in [6.07, 6.45) is 3.34. The molecule has 0 atom stereocenters. The van der Waals surface area contributed by atoms with Gasteiger partial charge in [-0.2, -0.15) is 0 Å². The molecule has 4 heteroatoms. The highest BCUT2D eigenvalue weighted by Crippen LogP contribution is 2.15. The van der Waals surface area contributed by atoms with Crippen LogP contribution in [0.4, 0.5) is 0 Å². The third kappa shape index (κ3) is 2.71. The molecule has 1 rings (SSSR count). The molecule has 0 aliphatic rings. The van der Waals surface area contributed by atoms with Gasteiger partial charge in [0.1, 0.15) is 0 Å². The lowest BCUT2D eigenvalue weighted by Gasteiger charge is -1.98. The van der Waals surface area contributed by atoms with Crippen molar-refractivity contribution in [2.75, 3.05) is 0 Å². The molecule has 0 bridgehead atoms. The number of amides is 1. The maximum absolute atomic E-state index is 10.6. The largest absolute Gasteiger partial charge is 0.366 e. The number of hydrogen-bond acceptors (Lipinski definition) is 2. The SMILES string of the molecule is NC(=O)C=Cc1ccc(Cl)cc1C=O. The second-order valence-corrected chi connectivity index (χ2v) is 3.06. The Morgan fingerprint density at radius 2 is 2.07 bits per heavy atom. The van der Waals surface area contributed by atoms with Gasteiger partial charge in [-0.3, -0.25) is 9.59 Å². The maximum atomic E-state index is 10.6. The van der Waals surface area contributed by atoms with Crippen LogP contribution < -0.4 is 5.73 Å². The molecule has 72 valence electrons. The van der Waals surface area contributed by atoms with Crippen LogP contribution in [0.15, 0.2) is 24.3 Å². The summed E-state index contributed by atoms with van der Waals surface area (Å²) in [4.78, 5) is 21.1. The fourth-order valence-corrected chi connectivity index (χ4v) is 1.15. The number of nitrogens with two attached hydrogens (primary N) is 1. The number of carbonyl (C=O) groups is 2. The Morgan fingerprint density at radius 3 is 2.64 bits per heavy atom. The molecule has 1 aromatic carbocycles. The zero-order chi connectivity index (χ0) is 10.6. The Bertz CT molecular complexity index is 399. The number of hydrogen-bond donors (Lipinski definition) is 1. The van der Waals surface area contributed by atoms with Gasteiger partial charge in [0.25, 0.3) is 0 Å². The van der Waals surface area contributed by atoms with E-state index in [-0.39, 0.29) is 0 Å². The molecular formula is C10H8ClNO2. The number of rotatable bonds is 3. The van der Waals surface area contributed by atoms with E-state index in [1.165, 1.54) is 18.2 Å². The second kappa shape index (κ2) is 4.58. The molecule has 0 unspecified atom stereocenters. The van der Waals surface area contributed by atoms with Gasteiger partial charge in [0.2, 0.25) is 5.91 Å². The Labute approximate surface area is 86.2 Å². The molecule has 0 radical (unpaired) electrons. The average molecular weight is 210 g/mol. The normalized spacial score (nSPS) is 10.4. The van der Waals surface area contributed by atoms with Crippen LogP contribution in [0.25, 0.3) is 6.08 Å². The summed E-state index contributed by atoms with van der Waals surface area (Å²) in [5.74, 6) is -0.559. The van der Waals surface area contributed by atoms with Gasteiger partial charge in [0.05, 0.1) is 0 Å². The van der Waals surface area contributed by atoms with E-state index in [4.69, 9.17) is 17.3 Å². The zero-order valence-corrected chi connectivity index (χ0v) is 7.99. The fraction of sp³-hybridized carbons (Fsp3) is 0. The van der Waals surface area contributed by atoms with Crippen molar-refractivity contribution in [2.24, 2.45) is 5.73 Å². The van der Waals surface area contributed by atoms with Gasteiger partial charge >= 0.3 is 0 Å². The van der Waals surface area contributed by atoms with E-state index in [1.807, 2.05) is 0 Å². The van der Waals surface area contributed by atoms with Crippen molar-refractivity contribution in [1.82, 2.24) is 0 Å². The highest BCUT2D eigenvalue weighted by molar-refractivity contribution is 6.30. The number of aldehydes is 1. The van der Waals surface area contributed by atoms with Crippen molar-refractivity contribution in [3.8, 4) is 0 Å². The van der Waals surface area contributed by atoms with Crippen molar-refractivity contribution in [3.05, 3.63) is 40.4 Å². The van der Waals surface area contributed by atoms with E-state index in [1.54, 1.807) is 12.1 Å². The van der Waals surface area contributed by atoms with Crippen LogP contribution in [-0.2, 0) is 4.79 Å². The van der Waals surface area contributed by atoms with Crippen molar-refractivity contribution in [2.45, 2.75) is 0 Å². The maximum Gasteiger partial charge on any atom is 0.241 e. The second-order valence-electron chi connectivity index (χ2n) is 2.63. The minimum atomic E-state index is -0.559. The molecular weight excluding hydrogens is 202 g/mol. The van der Waals surface area contributed by atoms with E-state index in [0.717, 1.165) is 0 Å². The summed E-state index contributed by atoms with van der Waals surface area (Å²) in [5, 5.41) is 0.475. The first kappa shape index (κ1) is 10.5. The lowest BCUT2D eigenvalue weighted by atomic mass is 10.1. The van der Waals surface area contributed by atoms with Gasteiger partial charge in [-0.25, -0.2) is 0 Å². The van der Waals surface area contributed by atoms with Gasteiger partial charge in [-0.05, 0) is 23.8 Å². The van der Waals surface area contributed by atoms with Crippen LogP contribution in [0.1, 0.15) is 15.9 Å². The molecule has 0 spiro atoms. The zero-order valence-electron chi connectivity index (χ0n) is 7.24. The minimum absolute atomic E-state index is 0.426. The average Bonchev–Trinajstić information content (AvgIpc) is 2.15. The highest BCUT2D eigenvalue weighted by Gasteiger charge is 1.99. The fourth-order valence-electron chi connectivity index (χ4n) is 0.971. The van der Waals surface area contributed by atoms with Crippen LogP contribution >= 0.6 is 11.6 Å². The minimum Gasteiger partial charge on any atom is -0.366 e. The Morgan fingerprint density at radius 1 is 1.36 bits per heavy atom. The van der Waals surface area contributed by atoms with Gasteiger partial charge in [0.15, 0.2) is 6.29 Å². The number of carbonyl (C=O) groups excluding carboxylic acids is 2. The Balaban J connectivity index is 3.08. The van der Waals surface area contributed by atoms with Gasteiger partial charge in [-0.1, -0.05) is 17.7 Å². The van der Waals surface area contributed by atoms with Crippen LogP contribution in [0.2, 0.25) is 5.02 Å². The van der Waals surface area contributed by atoms with Crippen molar-refractivity contribution in [1.29, 1.82) is 0 Å². The highest BCUT2D eigenvalue weighted by atomic mass is 35.5. The van der Waals surface area contributed by atoms with Crippen LogP contribution in [0, 0.1) is 0 Å². The lowest BCUT2D eigenvalue weighted by Crippen LogP contribution is -2.05. The Kier molecular flexibility index (Phi) is 3.42. The summed E-state index contributed by atoms with van der Waals surface area (Å²) in [6.45, 7) is 0. The van der Waals surface area contributed by atoms with Gasteiger partial charge in [0, 0.05) is 16.7 Å². The van der Waals surface area contributed by atoms with Crippen molar-refractivity contribution < 1.29 is 9.59 Å². The smallest absolute Gasteiger partial charge is 0.241 e. The van der Waals surface area contributed by atoms with E-state index in [0.29, 0.717) is 22.4 Å². The molecule has 2 N–H and O–H groups in total. The molecule has 0 heterocycles. The molecule has 0 aromatic heterocycles. The molecule has 0 saturated heterocycles. The first-order valence-corrected chi connectivity index (χ1v) is 4.23. The molecule has 3 nitrogen and oxygen atoms in total. The number of benzene rings is 1. The summed E-state index contributed by atoms with van der Waals surface area (Å²) in [7, 11) is 0. The molecule has 0 aliphatic carbocycles. The summed E-state index contributed by atoms with van der Waals surface area (Å²) < 4.78 is 0. The molecule has 1 amide bonds. The molecule has 0 aliphatic heterocycles. The van der Waals surface area contributed by atoms with Crippen LogP contribution in [-0.4, -0.2) is 12.2 Å². The first-order chi connectivity index (χ1) is 6.63. The first-order valence-electron chi connectivity index (χ1n) is 3.85. The summed E-state index contributed by atoms with van der Waals surface area (Å²) in [6, 6.07) is 4.80. The molecule has 0 fully saturated rings. The standard InChI is InChI=1S/C10H8ClNO2/c11-9-3-1-7(2-4-10(12)14)8(5-9)6-13/h1-6H,(H2,12,14). The third-order valence-corrected chi connectivity index (χ3v) is 1.84. The van der Waals surface area contributed by atoms with E-state index >= 15 is 0 Å². The predicted molar refractivity (Wildman–Crippen MR) is 55.1 cm³/mol. The van der Waals surface area contributed by atoms with Gasteiger partial charge in [-0.15, -0.1) is 0 Å². The van der Waals surface area contributed by atoms with Crippen LogP contribution in [0.5, 0.6) is 0 Å². The summed E-state index contributed by atoms with van der Waals surface area (Å²) >= 11 is 5.68.